The Bertz CT molecular complexity index is 1450. The van der Waals surface area contributed by atoms with Crippen LogP contribution in [0, 0.1) is 0 Å². The summed E-state index contributed by atoms with van der Waals surface area (Å²) in [5.74, 6) is -0.737. The van der Waals surface area contributed by atoms with E-state index in [2.05, 4.69) is 4.72 Å². The molecule has 0 amide bonds. The van der Waals surface area contributed by atoms with Crippen molar-refractivity contribution in [2.75, 3.05) is 7.11 Å². The Balaban J connectivity index is 1.63. The highest BCUT2D eigenvalue weighted by atomic mass is 32.2. The second-order valence-electron chi connectivity index (χ2n) is 8.34. The molecule has 4 rings (SSSR count). The molecule has 0 saturated carbocycles. The molecule has 188 valence electrons. The minimum atomic E-state index is -4.91. The second kappa shape index (κ2) is 9.79. The third-order valence-electron chi connectivity index (χ3n) is 5.90. The Morgan fingerprint density at radius 1 is 1.06 bits per heavy atom. The normalized spacial score (nSPS) is 15.7. The van der Waals surface area contributed by atoms with Gasteiger partial charge < -0.3 is 9.84 Å². The number of carboxylic acid groups (broad SMARTS) is 1. The summed E-state index contributed by atoms with van der Waals surface area (Å²) < 4.78 is 75.8. The van der Waals surface area contributed by atoms with E-state index in [4.69, 9.17) is 9.84 Å². The molecular formula is C26H22F3NO5S. The van der Waals surface area contributed by atoms with Crippen LogP contribution in [-0.4, -0.2) is 32.6 Å². The number of halogens is 3. The number of para-hydroxylation sites is 1. The van der Waals surface area contributed by atoms with Crippen LogP contribution in [0.2, 0.25) is 0 Å². The minimum absolute atomic E-state index is 0.175. The Hall–Kier alpha value is -3.63. The Morgan fingerprint density at radius 3 is 2.47 bits per heavy atom. The molecule has 6 nitrogen and oxygen atoms in total. The molecule has 10 heteroatoms. The first-order valence-corrected chi connectivity index (χ1v) is 12.4. The number of aliphatic carboxylic acids is 1. The quantitative estimate of drug-likeness (QED) is 0.434. The lowest BCUT2D eigenvalue weighted by atomic mass is 10.0. The van der Waals surface area contributed by atoms with E-state index in [0.29, 0.717) is 23.3 Å². The molecule has 0 heterocycles. The number of hydrogen-bond acceptors (Lipinski definition) is 4. The van der Waals surface area contributed by atoms with Crippen molar-refractivity contribution in [3.8, 4) is 16.9 Å². The van der Waals surface area contributed by atoms with Crippen molar-refractivity contribution in [1.82, 2.24) is 4.72 Å². The zero-order valence-electron chi connectivity index (χ0n) is 19.0. The lowest BCUT2D eigenvalue weighted by molar-refractivity contribution is -0.139. The van der Waals surface area contributed by atoms with Crippen LogP contribution < -0.4 is 9.46 Å². The first kappa shape index (κ1) is 25.5. The third-order valence-corrected chi connectivity index (χ3v) is 7.47. The number of benzene rings is 3. The summed E-state index contributed by atoms with van der Waals surface area (Å²) in [7, 11) is -3.11. The van der Waals surface area contributed by atoms with Crippen molar-refractivity contribution in [1.29, 1.82) is 0 Å². The van der Waals surface area contributed by atoms with Gasteiger partial charge in [-0.3, -0.25) is 0 Å². The number of hydrogen-bond donors (Lipinski definition) is 2. The van der Waals surface area contributed by atoms with E-state index in [1.165, 1.54) is 19.3 Å². The number of fused-ring (bicyclic) bond motifs is 1. The number of carbonyl (C=O) groups is 1. The number of sulfonamides is 1. The van der Waals surface area contributed by atoms with E-state index in [1.807, 2.05) is 0 Å². The van der Waals surface area contributed by atoms with Gasteiger partial charge in [-0.2, -0.15) is 13.2 Å². The average molecular weight is 518 g/mol. The largest absolute Gasteiger partial charge is 0.496 e. The first-order valence-electron chi connectivity index (χ1n) is 10.9. The highest BCUT2D eigenvalue weighted by Crippen LogP contribution is 2.39. The zero-order valence-corrected chi connectivity index (χ0v) is 19.9. The lowest BCUT2D eigenvalue weighted by Crippen LogP contribution is -2.36. The smallest absolute Gasteiger partial charge is 0.417 e. The van der Waals surface area contributed by atoms with Crippen molar-refractivity contribution in [2.45, 2.75) is 30.0 Å². The second-order valence-corrected chi connectivity index (χ2v) is 10.0. The molecule has 0 radical (unpaired) electrons. The SMILES string of the molecule is COc1ccccc1-c1ccc(S(=O)(=O)NC2Cc3ccc(/C=C/C(=O)O)cc3C2)c(C(F)(F)F)c1. The summed E-state index contributed by atoms with van der Waals surface area (Å²) in [4.78, 5) is 9.88. The van der Waals surface area contributed by atoms with Crippen molar-refractivity contribution >= 4 is 22.1 Å². The van der Waals surface area contributed by atoms with Gasteiger partial charge >= 0.3 is 12.1 Å². The fraction of sp³-hybridized carbons (Fsp3) is 0.192. The molecule has 2 N–H and O–H groups in total. The number of rotatable bonds is 7. The van der Waals surface area contributed by atoms with Gasteiger partial charge in [-0.1, -0.05) is 42.5 Å². The molecule has 1 atom stereocenters. The summed E-state index contributed by atoms with van der Waals surface area (Å²) in [5, 5.41) is 8.78. The van der Waals surface area contributed by atoms with E-state index in [-0.39, 0.29) is 12.0 Å². The summed E-state index contributed by atoms with van der Waals surface area (Å²) in [6.07, 6.45) is -1.93. The first-order chi connectivity index (χ1) is 17.0. The van der Waals surface area contributed by atoms with Crippen LogP contribution in [0.15, 0.2) is 71.6 Å². The molecule has 0 aliphatic heterocycles. The topological polar surface area (TPSA) is 92.7 Å². The Morgan fingerprint density at radius 2 is 1.78 bits per heavy atom. The van der Waals surface area contributed by atoms with Crippen LogP contribution in [0.3, 0.4) is 0 Å². The maximum absolute atomic E-state index is 14.0. The lowest BCUT2D eigenvalue weighted by Gasteiger charge is -2.18. The van der Waals surface area contributed by atoms with Gasteiger partial charge in [0.25, 0.3) is 0 Å². The molecule has 0 fully saturated rings. The predicted octanol–water partition coefficient (Wildman–Crippen LogP) is 4.92. The van der Waals surface area contributed by atoms with Crippen LogP contribution in [0.4, 0.5) is 13.2 Å². The van der Waals surface area contributed by atoms with Crippen LogP contribution >= 0.6 is 0 Å². The highest BCUT2D eigenvalue weighted by molar-refractivity contribution is 7.89. The molecule has 0 aromatic heterocycles. The number of carboxylic acids is 1. The van der Waals surface area contributed by atoms with E-state index in [1.54, 1.807) is 42.5 Å². The average Bonchev–Trinajstić information content (AvgIpc) is 3.22. The third kappa shape index (κ3) is 5.44. The van der Waals surface area contributed by atoms with Gasteiger partial charge in [-0.05, 0) is 59.4 Å². The zero-order chi connectivity index (χ0) is 26.1. The van der Waals surface area contributed by atoms with Crippen molar-refractivity contribution in [3.05, 3.63) is 89.0 Å². The monoisotopic (exact) mass is 517 g/mol. The van der Waals surface area contributed by atoms with Crippen LogP contribution in [0.25, 0.3) is 17.2 Å². The van der Waals surface area contributed by atoms with Crippen LogP contribution in [0.5, 0.6) is 5.75 Å². The van der Waals surface area contributed by atoms with E-state index in [0.717, 1.165) is 29.3 Å². The summed E-state index contributed by atoms with van der Waals surface area (Å²) in [6.45, 7) is 0. The van der Waals surface area contributed by atoms with Gasteiger partial charge in [0, 0.05) is 17.7 Å². The molecular weight excluding hydrogens is 495 g/mol. The molecule has 1 aliphatic rings. The fourth-order valence-electron chi connectivity index (χ4n) is 4.31. The van der Waals surface area contributed by atoms with Crippen molar-refractivity contribution in [3.63, 3.8) is 0 Å². The number of methoxy groups -OCH3 is 1. The summed E-state index contributed by atoms with van der Waals surface area (Å²) in [5.41, 5.74) is 1.59. The van der Waals surface area contributed by atoms with Crippen LogP contribution in [0.1, 0.15) is 22.3 Å². The summed E-state index contributed by atoms with van der Waals surface area (Å²) in [6, 6.07) is 14.2. The maximum atomic E-state index is 14.0. The van der Waals surface area contributed by atoms with Crippen molar-refractivity contribution in [2.24, 2.45) is 0 Å². The van der Waals surface area contributed by atoms with Gasteiger partial charge in [0.05, 0.1) is 17.6 Å². The number of nitrogens with one attached hydrogen (secondary N) is 1. The van der Waals surface area contributed by atoms with Gasteiger partial charge in [0.1, 0.15) is 5.75 Å². The Kier molecular flexibility index (Phi) is 6.92. The maximum Gasteiger partial charge on any atom is 0.417 e. The number of alkyl halides is 3. The standard InChI is InChI=1S/C26H22F3NO5S/c1-35-23-5-3-2-4-21(23)18-9-10-24(22(15-18)26(27,28)29)36(33,34)30-20-13-17-8-6-16(7-11-25(31)32)12-19(17)14-20/h2-12,15,20,30H,13-14H2,1H3,(H,31,32)/b11-7+. The van der Waals surface area contributed by atoms with E-state index in [9.17, 15) is 26.4 Å². The minimum Gasteiger partial charge on any atom is -0.496 e. The fourth-order valence-corrected chi connectivity index (χ4v) is 5.76. The highest BCUT2D eigenvalue weighted by Gasteiger charge is 2.38. The van der Waals surface area contributed by atoms with Gasteiger partial charge in [0.2, 0.25) is 10.0 Å². The van der Waals surface area contributed by atoms with E-state index < -0.39 is 38.7 Å². The molecule has 0 spiro atoms. The molecule has 3 aromatic carbocycles. The molecule has 3 aromatic rings. The Labute approximate surface area is 206 Å². The molecule has 1 unspecified atom stereocenters. The van der Waals surface area contributed by atoms with Crippen molar-refractivity contribution < 1.29 is 36.2 Å². The van der Waals surface area contributed by atoms with Gasteiger partial charge in [0.15, 0.2) is 0 Å². The molecule has 36 heavy (non-hydrogen) atoms. The number of ether oxygens (including phenoxy) is 1. The van der Waals surface area contributed by atoms with E-state index >= 15 is 0 Å². The molecule has 0 saturated heterocycles. The van der Waals surface area contributed by atoms with Gasteiger partial charge in [-0.25, -0.2) is 17.9 Å². The molecule has 1 aliphatic carbocycles. The summed E-state index contributed by atoms with van der Waals surface area (Å²) >= 11 is 0. The van der Waals surface area contributed by atoms with Gasteiger partial charge in [-0.15, -0.1) is 0 Å². The molecule has 0 bridgehead atoms. The predicted molar refractivity (Wildman–Crippen MR) is 128 cm³/mol. The van der Waals surface area contributed by atoms with Crippen LogP contribution in [-0.2, 0) is 33.8 Å².